The van der Waals surface area contributed by atoms with Crippen molar-refractivity contribution in [2.75, 3.05) is 5.73 Å². The molecule has 2 N–H and O–H groups in total. The first kappa shape index (κ1) is 11.9. The molecule has 0 spiro atoms. The van der Waals surface area contributed by atoms with Gasteiger partial charge in [0.15, 0.2) is 0 Å². The van der Waals surface area contributed by atoms with Gasteiger partial charge in [0, 0.05) is 12.1 Å². The van der Waals surface area contributed by atoms with E-state index in [0.29, 0.717) is 22.1 Å². The summed E-state index contributed by atoms with van der Waals surface area (Å²) in [6.45, 7) is 2.86. The Morgan fingerprint density at radius 3 is 2.88 bits per heavy atom. The smallest absolute Gasteiger partial charge is 0.131 e. The number of hydrogen-bond donors (Lipinski definition) is 1. The van der Waals surface area contributed by atoms with Crippen LogP contribution in [0.25, 0.3) is 11.3 Å². The van der Waals surface area contributed by atoms with Gasteiger partial charge in [-0.25, -0.2) is 9.37 Å². The van der Waals surface area contributed by atoms with E-state index in [9.17, 15) is 4.39 Å². The Labute approximate surface area is 104 Å². The molecule has 0 fully saturated rings. The molecule has 1 heterocycles. The van der Waals surface area contributed by atoms with Gasteiger partial charge in [0.2, 0.25) is 0 Å². The monoisotopic (exact) mass is 253 g/mol. The number of imidazole rings is 1. The summed E-state index contributed by atoms with van der Waals surface area (Å²) in [5.74, 6) is 0.186. The van der Waals surface area contributed by atoms with Crippen LogP contribution in [0.5, 0.6) is 0 Å². The van der Waals surface area contributed by atoms with Crippen molar-refractivity contribution >= 4 is 17.4 Å². The second-order valence-corrected chi connectivity index (χ2v) is 4.20. The highest BCUT2D eigenvalue weighted by Gasteiger charge is 2.12. The molecule has 2 rings (SSSR count). The molecule has 0 amide bonds. The predicted molar refractivity (Wildman–Crippen MR) is 67.3 cm³/mol. The predicted octanol–water partition coefficient (Wildman–Crippen LogP) is 3.33. The van der Waals surface area contributed by atoms with Crippen LogP contribution in [0, 0.1) is 5.82 Å². The third-order valence-electron chi connectivity index (χ3n) is 2.53. The minimum absolute atomic E-state index is 0.318. The summed E-state index contributed by atoms with van der Waals surface area (Å²) in [5, 5.41) is 0.318. The first-order valence-corrected chi connectivity index (χ1v) is 5.77. The summed E-state index contributed by atoms with van der Waals surface area (Å²) < 4.78 is 14.8. The van der Waals surface area contributed by atoms with Crippen molar-refractivity contribution in [1.82, 2.24) is 9.55 Å². The lowest BCUT2D eigenvalue weighted by Gasteiger charge is -2.05. The van der Waals surface area contributed by atoms with E-state index in [1.807, 2.05) is 4.57 Å². The van der Waals surface area contributed by atoms with Crippen LogP contribution in [0.1, 0.15) is 13.3 Å². The van der Waals surface area contributed by atoms with Crippen molar-refractivity contribution in [2.24, 2.45) is 0 Å². The average molecular weight is 254 g/mol. The number of anilines is 1. The van der Waals surface area contributed by atoms with Gasteiger partial charge in [-0.2, -0.15) is 0 Å². The molecule has 5 heteroatoms. The highest BCUT2D eigenvalue weighted by molar-refractivity contribution is 6.33. The van der Waals surface area contributed by atoms with Crippen molar-refractivity contribution in [2.45, 2.75) is 19.9 Å². The highest BCUT2D eigenvalue weighted by atomic mass is 35.5. The van der Waals surface area contributed by atoms with Gasteiger partial charge in [0.1, 0.15) is 17.3 Å². The number of nitrogens with two attached hydrogens (primary N) is 1. The molecule has 3 nitrogen and oxygen atoms in total. The van der Waals surface area contributed by atoms with Gasteiger partial charge >= 0.3 is 0 Å². The molecule has 0 aliphatic carbocycles. The fourth-order valence-corrected chi connectivity index (χ4v) is 1.96. The Morgan fingerprint density at radius 1 is 1.47 bits per heavy atom. The van der Waals surface area contributed by atoms with Crippen LogP contribution in [0.4, 0.5) is 10.2 Å². The maximum atomic E-state index is 12.9. The van der Waals surface area contributed by atoms with Crippen molar-refractivity contribution in [3.63, 3.8) is 0 Å². The molecule has 2 aromatic rings. The molecule has 0 aliphatic rings. The van der Waals surface area contributed by atoms with E-state index in [0.717, 1.165) is 13.0 Å². The molecule has 0 saturated carbocycles. The molecule has 1 aromatic heterocycles. The lowest BCUT2D eigenvalue weighted by atomic mass is 10.1. The Balaban J connectivity index is 2.46. The molecule has 90 valence electrons. The molecule has 0 bridgehead atoms. The van der Waals surface area contributed by atoms with E-state index in [1.165, 1.54) is 12.1 Å². The minimum atomic E-state index is -0.370. The summed E-state index contributed by atoms with van der Waals surface area (Å²) in [6, 6.07) is 4.20. The number of nitrogens with zero attached hydrogens (tertiary/aromatic N) is 2. The summed E-state index contributed by atoms with van der Waals surface area (Å²) in [7, 11) is 0. The van der Waals surface area contributed by atoms with Gasteiger partial charge in [-0.1, -0.05) is 18.5 Å². The fraction of sp³-hybridized carbons (Fsp3) is 0.250. The van der Waals surface area contributed by atoms with Gasteiger partial charge in [-0.3, -0.25) is 0 Å². The van der Waals surface area contributed by atoms with Crippen molar-refractivity contribution < 1.29 is 4.39 Å². The molecular weight excluding hydrogens is 241 g/mol. The third-order valence-corrected chi connectivity index (χ3v) is 2.84. The van der Waals surface area contributed by atoms with E-state index >= 15 is 0 Å². The first-order valence-electron chi connectivity index (χ1n) is 5.39. The second kappa shape index (κ2) is 4.75. The molecule has 0 unspecified atom stereocenters. The zero-order valence-electron chi connectivity index (χ0n) is 9.45. The molecule has 0 atom stereocenters. The maximum absolute atomic E-state index is 12.9. The number of halogens is 2. The van der Waals surface area contributed by atoms with Crippen LogP contribution >= 0.6 is 11.6 Å². The topological polar surface area (TPSA) is 43.8 Å². The van der Waals surface area contributed by atoms with Crippen LogP contribution in [0.15, 0.2) is 24.5 Å². The van der Waals surface area contributed by atoms with Crippen LogP contribution in [-0.2, 0) is 6.54 Å². The van der Waals surface area contributed by atoms with E-state index in [-0.39, 0.29) is 5.82 Å². The summed E-state index contributed by atoms with van der Waals surface area (Å²) in [4.78, 5) is 4.23. The molecule has 1 aromatic carbocycles. The number of benzene rings is 1. The quantitative estimate of drug-likeness (QED) is 0.912. The molecule has 17 heavy (non-hydrogen) atoms. The van der Waals surface area contributed by atoms with Gasteiger partial charge < -0.3 is 10.3 Å². The average Bonchev–Trinajstić information content (AvgIpc) is 2.62. The van der Waals surface area contributed by atoms with Crippen molar-refractivity contribution in [1.29, 1.82) is 0 Å². The Kier molecular flexibility index (Phi) is 3.33. The molecule has 0 saturated heterocycles. The summed E-state index contributed by atoms with van der Waals surface area (Å²) in [6.07, 6.45) is 2.64. The van der Waals surface area contributed by atoms with Crippen molar-refractivity contribution in [3.8, 4) is 11.3 Å². The standard InChI is InChI=1S/C12H13ClFN3/c1-2-5-17-7-16-11(12(17)15)9-4-3-8(14)6-10(9)13/h3-4,6-7H,2,5,15H2,1H3. The summed E-state index contributed by atoms with van der Waals surface area (Å²) >= 11 is 5.98. The Bertz CT molecular complexity index is 537. The van der Waals surface area contributed by atoms with Crippen LogP contribution in [0.2, 0.25) is 5.02 Å². The lowest BCUT2D eigenvalue weighted by molar-refractivity contribution is 0.628. The van der Waals surface area contributed by atoms with Gasteiger partial charge in [-0.05, 0) is 24.6 Å². The number of nitrogen functional groups attached to an aromatic ring is 1. The number of aryl methyl sites for hydroxylation is 1. The van der Waals surface area contributed by atoms with E-state index < -0.39 is 0 Å². The first-order chi connectivity index (χ1) is 8.13. The third kappa shape index (κ3) is 2.26. The number of hydrogen-bond acceptors (Lipinski definition) is 2. The molecule has 0 aliphatic heterocycles. The number of aromatic nitrogens is 2. The zero-order valence-corrected chi connectivity index (χ0v) is 10.2. The highest BCUT2D eigenvalue weighted by Crippen LogP contribution is 2.31. The SMILES string of the molecule is CCCn1cnc(-c2ccc(F)cc2Cl)c1N. The van der Waals surface area contributed by atoms with E-state index in [2.05, 4.69) is 11.9 Å². The van der Waals surface area contributed by atoms with E-state index in [1.54, 1.807) is 12.4 Å². The summed E-state index contributed by atoms with van der Waals surface area (Å²) in [5.41, 5.74) is 7.23. The normalized spacial score (nSPS) is 10.8. The Hall–Kier alpha value is -1.55. The van der Waals surface area contributed by atoms with Crippen LogP contribution in [0.3, 0.4) is 0 Å². The minimum Gasteiger partial charge on any atom is -0.383 e. The fourth-order valence-electron chi connectivity index (χ4n) is 1.70. The second-order valence-electron chi connectivity index (χ2n) is 3.80. The molecular formula is C12H13ClFN3. The largest absolute Gasteiger partial charge is 0.383 e. The van der Waals surface area contributed by atoms with Crippen molar-refractivity contribution in [3.05, 3.63) is 35.4 Å². The zero-order chi connectivity index (χ0) is 12.4. The van der Waals surface area contributed by atoms with Crippen LogP contribution < -0.4 is 5.73 Å². The number of rotatable bonds is 3. The van der Waals surface area contributed by atoms with Gasteiger partial charge in [0.25, 0.3) is 0 Å². The lowest BCUT2D eigenvalue weighted by Crippen LogP contribution is -2.01. The Morgan fingerprint density at radius 2 is 2.24 bits per heavy atom. The van der Waals surface area contributed by atoms with Gasteiger partial charge in [0.05, 0.1) is 11.3 Å². The van der Waals surface area contributed by atoms with Gasteiger partial charge in [-0.15, -0.1) is 0 Å². The maximum Gasteiger partial charge on any atom is 0.131 e. The van der Waals surface area contributed by atoms with E-state index in [4.69, 9.17) is 17.3 Å². The molecule has 0 radical (unpaired) electrons. The van der Waals surface area contributed by atoms with Crippen LogP contribution in [-0.4, -0.2) is 9.55 Å².